The summed E-state index contributed by atoms with van der Waals surface area (Å²) in [7, 11) is 1.28. The lowest BCUT2D eigenvalue weighted by Gasteiger charge is -2.38. The van der Waals surface area contributed by atoms with Crippen LogP contribution in [0.4, 0.5) is 15.8 Å². The van der Waals surface area contributed by atoms with Crippen LogP contribution in [0.1, 0.15) is 32.1 Å². The van der Waals surface area contributed by atoms with E-state index in [2.05, 4.69) is 15.4 Å². The average Bonchev–Trinajstić information content (AvgIpc) is 2.65. The molecule has 8 nitrogen and oxygen atoms in total. The number of amides is 2. The summed E-state index contributed by atoms with van der Waals surface area (Å²) >= 11 is 0. The van der Waals surface area contributed by atoms with Crippen molar-refractivity contribution >= 4 is 29.2 Å². The zero-order valence-corrected chi connectivity index (χ0v) is 15.7. The van der Waals surface area contributed by atoms with Gasteiger partial charge in [-0.15, -0.1) is 0 Å². The normalized spacial score (nSPS) is 21.8. The number of piperidine rings is 2. The molecule has 1 aromatic rings. The third-order valence-electron chi connectivity index (χ3n) is 5.26. The fourth-order valence-electron chi connectivity index (χ4n) is 3.57. The van der Waals surface area contributed by atoms with E-state index in [0.29, 0.717) is 43.7 Å². The Labute approximate surface area is 162 Å². The van der Waals surface area contributed by atoms with E-state index >= 15 is 0 Å². The minimum absolute atomic E-state index is 0.0748. The van der Waals surface area contributed by atoms with E-state index in [-0.39, 0.29) is 18.7 Å². The van der Waals surface area contributed by atoms with Gasteiger partial charge in [0.25, 0.3) is 0 Å². The highest BCUT2D eigenvalue weighted by molar-refractivity contribution is 6.01. The molecule has 0 radical (unpaired) electrons. The fourth-order valence-corrected chi connectivity index (χ4v) is 3.57. The maximum absolute atomic E-state index is 14.6. The molecular weight excluding hydrogens is 369 g/mol. The number of nitrogens with one attached hydrogen (secondary N) is 2. The number of benzene rings is 1. The highest BCUT2D eigenvalue weighted by Gasteiger charge is 2.35. The van der Waals surface area contributed by atoms with Crippen molar-refractivity contribution in [2.75, 3.05) is 30.4 Å². The SMILES string of the molecule is COC(=O)CC1(O)CCN(c2ccc(NC3CCC(=O)NC3=O)cc2F)CC1. The summed E-state index contributed by atoms with van der Waals surface area (Å²) in [5, 5.41) is 15.7. The van der Waals surface area contributed by atoms with Crippen LogP contribution in [0.25, 0.3) is 0 Å². The molecule has 2 amide bonds. The Bertz CT molecular complexity index is 777. The van der Waals surface area contributed by atoms with Gasteiger partial charge in [-0.2, -0.15) is 0 Å². The molecule has 0 spiro atoms. The van der Waals surface area contributed by atoms with E-state index < -0.39 is 29.3 Å². The molecule has 0 saturated carbocycles. The first kappa shape index (κ1) is 20.1. The summed E-state index contributed by atoms with van der Waals surface area (Å²) in [6.07, 6.45) is 1.19. The Hall–Kier alpha value is -2.68. The average molecular weight is 393 g/mol. The number of anilines is 2. The van der Waals surface area contributed by atoms with Gasteiger partial charge in [-0.05, 0) is 37.5 Å². The van der Waals surface area contributed by atoms with Gasteiger partial charge in [-0.25, -0.2) is 4.39 Å². The highest BCUT2D eigenvalue weighted by atomic mass is 19.1. The molecule has 0 aliphatic carbocycles. The monoisotopic (exact) mass is 393 g/mol. The molecule has 1 atom stereocenters. The number of carbonyl (C=O) groups is 3. The smallest absolute Gasteiger partial charge is 0.308 e. The van der Waals surface area contributed by atoms with Gasteiger partial charge in [-0.3, -0.25) is 19.7 Å². The Morgan fingerprint density at radius 3 is 2.71 bits per heavy atom. The van der Waals surface area contributed by atoms with Gasteiger partial charge in [-0.1, -0.05) is 0 Å². The summed E-state index contributed by atoms with van der Waals surface area (Å²) < 4.78 is 19.2. The van der Waals surface area contributed by atoms with Crippen molar-refractivity contribution in [1.82, 2.24) is 5.32 Å². The van der Waals surface area contributed by atoms with Gasteiger partial charge < -0.3 is 20.1 Å². The van der Waals surface area contributed by atoms with Crippen LogP contribution in [0.2, 0.25) is 0 Å². The summed E-state index contributed by atoms with van der Waals surface area (Å²) in [4.78, 5) is 36.3. The van der Waals surface area contributed by atoms with Gasteiger partial charge in [0, 0.05) is 25.2 Å². The van der Waals surface area contributed by atoms with Crippen LogP contribution in [0, 0.1) is 5.82 Å². The number of halogens is 1. The number of hydrogen-bond donors (Lipinski definition) is 3. The van der Waals surface area contributed by atoms with Gasteiger partial charge in [0.05, 0.1) is 24.8 Å². The minimum Gasteiger partial charge on any atom is -0.469 e. The zero-order valence-electron chi connectivity index (χ0n) is 15.7. The van der Waals surface area contributed by atoms with Crippen LogP contribution in [0.3, 0.4) is 0 Å². The molecule has 0 bridgehead atoms. The lowest BCUT2D eigenvalue weighted by Crippen LogP contribution is -2.47. The quantitative estimate of drug-likeness (QED) is 0.505. The molecule has 9 heteroatoms. The number of methoxy groups -OCH3 is 1. The molecule has 2 aliphatic heterocycles. The second kappa shape index (κ2) is 8.14. The minimum atomic E-state index is -1.13. The standard InChI is InChI=1S/C19H24FN3O5/c1-28-17(25)11-19(27)6-8-23(9-7-19)15-4-2-12(10-13(15)20)21-14-3-5-16(24)22-18(14)26/h2,4,10,14,21,27H,3,5-9,11H2,1H3,(H,22,24,26). The third kappa shape index (κ3) is 4.59. The van der Waals surface area contributed by atoms with E-state index in [1.807, 2.05) is 4.90 Å². The van der Waals surface area contributed by atoms with Crippen molar-refractivity contribution < 1.29 is 28.6 Å². The number of esters is 1. The third-order valence-corrected chi connectivity index (χ3v) is 5.26. The van der Waals surface area contributed by atoms with Crippen LogP contribution >= 0.6 is 0 Å². The van der Waals surface area contributed by atoms with Crippen LogP contribution in [-0.2, 0) is 19.1 Å². The molecule has 2 aliphatic rings. The molecule has 28 heavy (non-hydrogen) atoms. The van der Waals surface area contributed by atoms with Crippen molar-refractivity contribution in [3.63, 3.8) is 0 Å². The van der Waals surface area contributed by atoms with Gasteiger partial charge >= 0.3 is 5.97 Å². The van der Waals surface area contributed by atoms with Crippen molar-refractivity contribution in [3.8, 4) is 0 Å². The molecule has 2 heterocycles. The largest absolute Gasteiger partial charge is 0.469 e. The molecule has 3 N–H and O–H groups in total. The van der Waals surface area contributed by atoms with Crippen molar-refractivity contribution in [3.05, 3.63) is 24.0 Å². The van der Waals surface area contributed by atoms with Crippen molar-refractivity contribution in [2.24, 2.45) is 0 Å². The van der Waals surface area contributed by atoms with E-state index in [1.54, 1.807) is 12.1 Å². The number of imide groups is 1. The zero-order chi connectivity index (χ0) is 20.3. The summed E-state index contributed by atoms with van der Waals surface area (Å²) in [5.74, 6) is -1.63. The molecule has 1 aromatic carbocycles. The van der Waals surface area contributed by atoms with Crippen LogP contribution in [0.5, 0.6) is 0 Å². The molecule has 3 rings (SSSR count). The lowest BCUT2D eigenvalue weighted by atomic mass is 9.88. The second-order valence-corrected chi connectivity index (χ2v) is 7.28. The molecular formula is C19H24FN3O5. The van der Waals surface area contributed by atoms with Crippen LogP contribution < -0.4 is 15.5 Å². The van der Waals surface area contributed by atoms with E-state index in [9.17, 15) is 23.9 Å². The number of carbonyl (C=O) groups excluding carboxylic acids is 3. The summed E-state index contributed by atoms with van der Waals surface area (Å²) in [6.45, 7) is 0.814. The first-order valence-corrected chi connectivity index (χ1v) is 9.23. The van der Waals surface area contributed by atoms with Crippen molar-refractivity contribution in [2.45, 2.75) is 43.7 Å². The topological polar surface area (TPSA) is 108 Å². The van der Waals surface area contributed by atoms with Gasteiger partial charge in [0.1, 0.15) is 11.9 Å². The van der Waals surface area contributed by atoms with E-state index in [4.69, 9.17) is 0 Å². The number of ether oxygens (including phenoxy) is 1. The Balaban J connectivity index is 1.61. The lowest BCUT2D eigenvalue weighted by molar-refractivity contribution is -0.147. The number of hydrogen-bond acceptors (Lipinski definition) is 7. The molecule has 2 saturated heterocycles. The van der Waals surface area contributed by atoms with E-state index in [0.717, 1.165) is 0 Å². The molecule has 0 aromatic heterocycles. The predicted molar refractivity (Wildman–Crippen MR) is 99.2 cm³/mol. The van der Waals surface area contributed by atoms with E-state index in [1.165, 1.54) is 13.2 Å². The first-order valence-electron chi connectivity index (χ1n) is 9.23. The molecule has 2 fully saturated rings. The maximum atomic E-state index is 14.6. The Morgan fingerprint density at radius 1 is 1.39 bits per heavy atom. The highest BCUT2D eigenvalue weighted by Crippen LogP contribution is 2.31. The van der Waals surface area contributed by atoms with Crippen LogP contribution in [-0.4, -0.2) is 54.7 Å². The number of nitrogens with zero attached hydrogens (tertiary/aromatic N) is 1. The number of rotatable bonds is 5. The summed E-state index contributed by atoms with van der Waals surface area (Å²) in [6, 6.07) is 4.03. The second-order valence-electron chi connectivity index (χ2n) is 7.28. The first-order chi connectivity index (χ1) is 13.3. The van der Waals surface area contributed by atoms with Gasteiger partial charge in [0.15, 0.2) is 0 Å². The number of aliphatic hydroxyl groups is 1. The maximum Gasteiger partial charge on any atom is 0.308 e. The molecule has 152 valence electrons. The Kier molecular flexibility index (Phi) is 5.83. The Morgan fingerprint density at radius 2 is 2.11 bits per heavy atom. The van der Waals surface area contributed by atoms with Gasteiger partial charge in [0.2, 0.25) is 11.8 Å². The van der Waals surface area contributed by atoms with Crippen LogP contribution in [0.15, 0.2) is 18.2 Å². The molecule has 1 unspecified atom stereocenters. The fraction of sp³-hybridized carbons (Fsp3) is 0.526. The van der Waals surface area contributed by atoms with Crippen molar-refractivity contribution in [1.29, 1.82) is 0 Å². The summed E-state index contributed by atoms with van der Waals surface area (Å²) in [5.41, 5.74) is -0.281. The predicted octanol–water partition coefficient (Wildman–Crippen LogP) is 0.937.